The summed E-state index contributed by atoms with van der Waals surface area (Å²) in [5.41, 5.74) is 6.03. The molecule has 1 aromatic rings. The number of carbonyl (C=O) groups excluding carboxylic acids is 1. The topological polar surface area (TPSA) is 103 Å². The Hall–Kier alpha value is -1.83. The number of nitrogen functional groups attached to an aromatic ring is 1. The van der Waals surface area contributed by atoms with E-state index in [1.54, 1.807) is 32.9 Å². The van der Waals surface area contributed by atoms with Gasteiger partial charge in [0.2, 0.25) is 0 Å². The maximum absolute atomic E-state index is 12.2. The molecule has 0 aliphatic heterocycles. The van der Waals surface area contributed by atoms with Crippen LogP contribution >= 0.6 is 0 Å². The fourth-order valence-electron chi connectivity index (χ4n) is 1.56. The Morgan fingerprint density at radius 3 is 2.45 bits per heavy atom. The zero-order chi connectivity index (χ0) is 17.0. The minimum atomic E-state index is -3.19. The number of ether oxygens (including phenoxy) is 1. The van der Waals surface area contributed by atoms with Crippen molar-refractivity contribution >= 4 is 21.6 Å². The third-order valence-electron chi connectivity index (χ3n) is 2.58. The molecular formula is C14H23N3O4S. The first-order valence-corrected chi connectivity index (χ1v) is 8.88. The molecule has 0 saturated heterocycles. The number of hydrogen-bond acceptors (Lipinski definition) is 6. The van der Waals surface area contributed by atoms with Crippen LogP contribution in [0.4, 0.5) is 10.5 Å². The van der Waals surface area contributed by atoms with E-state index < -0.39 is 21.5 Å². The van der Waals surface area contributed by atoms with Crippen molar-refractivity contribution in [2.45, 2.75) is 32.9 Å². The second-order valence-corrected chi connectivity index (χ2v) is 8.37. The van der Waals surface area contributed by atoms with Crippen LogP contribution in [0.1, 0.15) is 26.5 Å². The highest BCUT2D eigenvalue weighted by Gasteiger charge is 2.23. The number of sulfone groups is 1. The van der Waals surface area contributed by atoms with Crippen LogP contribution in [-0.2, 0) is 21.1 Å². The van der Waals surface area contributed by atoms with Gasteiger partial charge in [-0.2, -0.15) is 0 Å². The summed E-state index contributed by atoms with van der Waals surface area (Å²) in [6.45, 7) is 5.45. The van der Waals surface area contributed by atoms with Gasteiger partial charge in [-0.3, -0.25) is 4.98 Å². The molecule has 0 unspecified atom stereocenters. The molecule has 0 aromatic carbocycles. The van der Waals surface area contributed by atoms with Crippen LogP contribution in [0.3, 0.4) is 0 Å². The average Bonchev–Trinajstić information content (AvgIpc) is 2.33. The molecule has 22 heavy (non-hydrogen) atoms. The van der Waals surface area contributed by atoms with Crippen molar-refractivity contribution in [2.75, 3.05) is 24.3 Å². The number of nitrogens with zero attached hydrogens (tertiary/aromatic N) is 2. The van der Waals surface area contributed by atoms with E-state index in [4.69, 9.17) is 10.5 Å². The first-order valence-electron chi connectivity index (χ1n) is 6.82. The fraction of sp³-hybridized carbons (Fsp3) is 0.571. The molecule has 1 aromatic heterocycles. The Morgan fingerprint density at radius 2 is 2.00 bits per heavy atom. The molecule has 0 bridgehead atoms. The summed E-state index contributed by atoms with van der Waals surface area (Å²) in [6, 6.07) is 3.36. The van der Waals surface area contributed by atoms with Gasteiger partial charge in [0.1, 0.15) is 15.4 Å². The lowest BCUT2D eigenvalue weighted by molar-refractivity contribution is 0.0244. The third kappa shape index (κ3) is 7.26. The van der Waals surface area contributed by atoms with Crippen LogP contribution in [0.25, 0.3) is 0 Å². The van der Waals surface area contributed by atoms with Gasteiger partial charge in [-0.05, 0) is 32.9 Å². The van der Waals surface area contributed by atoms with Gasteiger partial charge >= 0.3 is 6.09 Å². The van der Waals surface area contributed by atoms with E-state index in [1.165, 1.54) is 11.1 Å². The normalized spacial score (nSPS) is 12.0. The highest BCUT2D eigenvalue weighted by Crippen LogP contribution is 2.12. The monoisotopic (exact) mass is 329 g/mol. The summed E-state index contributed by atoms with van der Waals surface area (Å²) in [6.07, 6.45) is 2.04. The first-order chi connectivity index (χ1) is 9.96. The summed E-state index contributed by atoms with van der Waals surface area (Å²) in [5, 5.41) is 0. The molecule has 0 saturated carbocycles. The Bertz CT molecular complexity index is 606. The van der Waals surface area contributed by atoms with Gasteiger partial charge in [-0.25, -0.2) is 13.2 Å². The van der Waals surface area contributed by atoms with Gasteiger partial charge in [-0.15, -0.1) is 0 Å². The van der Waals surface area contributed by atoms with Gasteiger partial charge in [-0.1, -0.05) is 0 Å². The summed E-state index contributed by atoms with van der Waals surface area (Å²) < 4.78 is 28.0. The van der Waals surface area contributed by atoms with Gasteiger partial charge in [0, 0.05) is 12.8 Å². The number of carbonyl (C=O) groups is 1. The minimum absolute atomic E-state index is 0.0415. The molecule has 0 aliphatic rings. The SMILES string of the molecule is CC(C)(C)OC(=O)N(CCS(C)(=O)=O)Cc1ccc(N)cn1. The van der Waals surface area contributed by atoms with E-state index in [1.807, 2.05) is 0 Å². The van der Waals surface area contributed by atoms with Crippen LogP contribution in [0.15, 0.2) is 18.3 Å². The smallest absolute Gasteiger partial charge is 0.410 e. The van der Waals surface area contributed by atoms with Crippen LogP contribution in [0, 0.1) is 0 Å². The quantitative estimate of drug-likeness (QED) is 0.877. The number of aromatic nitrogens is 1. The van der Waals surface area contributed by atoms with E-state index >= 15 is 0 Å². The average molecular weight is 329 g/mol. The highest BCUT2D eigenvalue weighted by molar-refractivity contribution is 7.90. The molecule has 1 rings (SSSR count). The molecule has 0 aliphatic carbocycles. The van der Waals surface area contributed by atoms with E-state index in [-0.39, 0.29) is 18.8 Å². The fourth-order valence-corrected chi connectivity index (χ4v) is 2.11. The van der Waals surface area contributed by atoms with Crippen LogP contribution in [-0.4, -0.2) is 48.5 Å². The van der Waals surface area contributed by atoms with E-state index in [0.29, 0.717) is 11.4 Å². The maximum Gasteiger partial charge on any atom is 0.410 e. The van der Waals surface area contributed by atoms with E-state index in [9.17, 15) is 13.2 Å². The number of pyridine rings is 1. The van der Waals surface area contributed by atoms with Crippen LogP contribution in [0.2, 0.25) is 0 Å². The standard InChI is InChI=1S/C14H23N3O4S/c1-14(2,3)21-13(18)17(7-8-22(4,19)20)10-12-6-5-11(15)9-16-12/h5-6,9H,7-8,10,15H2,1-4H3. The van der Waals surface area contributed by atoms with Crippen LogP contribution in [0.5, 0.6) is 0 Å². The second kappa shape index (κ2) is 6.95. The number of nitrogens with two attached hydrogens (primary N) is 1. The van der Waals surface area contributed by atoms with Gasteiger partial charge in [0.05, 0.1) is 29.9 Å². The predicted molar refractivity (Wildman–Crippen MR) is 85.0 cm³/mol. The molecule has 8 heteroatoms. The lowest BCUT2D eigenvalue weighted by Gasteiger charge is -2.27. The Balaban J connectivity index is 2.85. The molecule has 2 N–H and O–H groups in total. The Morgan fingerprint density at radius 1 is 1.36 bits per heavy atom. The summed E-state index contributed by atoms with van der Waals surface area (Å²) >= 11 is 0. The number of anilines is 1. The van der Waals surface area contributed by atoms with Gasteiger partial charge in [0.25, 0.3) is 0 Å². The predicted octanol–water partition coefficient (Wildman–Crippen LogP) is 1.45. The molecular weight excluding hydrogens is 306 g/mol. The zero-order valence-corrected chi connectivity index (χ0v) is 14.2. The third-order valence-corrected chi connectivity index (χ3v) is 3.51. The van der Waals surface area contributed by atoms with Gasteiger partial charge < -0.3 is 15.4 Å². The number of rotatable bonds is 5. The van der Waals surface area contributed by atoms with Crippen molar-refractivity contribution in [1.29, 1.82) is 0 Å². The number of amides is 1. The maximum atomic E-state index is 12.2. The van der Waals surface area contributed by atoms with Crippen LogP contribution < -0.4 is 5.73 Å². The zero-order valence-electron chi connectivity index (χ0n) is 13.4. The first kappa shape index (κ1) is 18.2. The van der Waals surface area contributed by atoms with Crippen molar-refractivity contribution in [3.05, 3.63) is 24.0 Å². The van der Waals surface area contributed by atoms with Crippen molar-refractivity contribution in [3.63, 3.8) is 0 Å². The largest absolute Gasteiger partial charge is 0.444 e. The summed E-state index contributed by atoms with van der Waals surface area (Å²) in [5.74, 6) is -0.138. The Kier molecular flexibility index (Phi) is 5.76. The number of hydrogen-bond donors (Lipinski definition) is 1. The van der Waals surface area contributed by atoms with Crippen molar-refractivity contribution < 1.29 is 17.9 Å². The lowest BCUT2D eigenvalue weighted by Crippen LogP contribution is -2.39. The molecule has 7 nitrogen and oxygen atoms in total. The lowest BCUT2D eigenvalue weighted by atomic mass is 10.2. The van der Waals surface area contributed by atoms with Gasteiger partial charge in [0.15, 0.2) is 0 Å². The molecule has 0 radical (unpaired) electrons. The summed E-state index contributed by atoms with van der Waals surface area (Å²) in [7, 11) is -3.19. The highest BCUT2D eigenvalue weighted by atomic mass is 32.2. The molecule has 0 atom stereocenters. The molecule has 0 spiro atoms. The molecule has 124 valence electrons. The van der Waals surface area contributed by atoms with Crippen molar-refractivity contribution in [3.8, 4) is 0 Å². The second-order valence-electron chi connectivity index (χ2n) is 6.11. The van der Waals surface area contributed by atoms with E-state index in [2.05, 4.69) is 4.98 Å². The minimum Gasteiger partial charge on any atom is -0.444 e. The summed E-state index contributed by atoms with van der Waals surface area (Å²) in [4.78, 5) is 17.6. The Labute approximate surface area is 131 Å². The molecule has 1 heterocycles. The van der Waals surface area contributed by atoms with E-state index in [0.717, 1.165) is 6.26 Å². The van der Waals surface area contributed by atoms with Crippen molar-refractivity contribution in [2.24, 2.45) is 0 Å². The molecule has 1 amide bonds. The molecule has 0 fully saturated rings. The van der Waals surface area contributed by atoms with Crippen molar-refractivity contribution in [1.82, 2.24) is 9.88 Å².